The molecule has 0 radical (unpaired) electrons. The molecule has 4 N–H and O–H groups in total. The normalized spacial score (nSPS) is 17.4. The first-order valence-corrected chi connectivity index (χ1v) is 6.86. The Kier molecular flexibility index (Phi) is 4.98. The van der Waals surface area contributed by atoms with Crippen LogP contribution in [0.5, 0.6) is 0 Å². The van der Waals surface area contributed by atoms with Crippen molar-refractivity contribution in [2.45, 2.75) is 13.0 Å². The van der Waals surface area contributed by atoms with Crippen LogP contribution in [0.15, 0.2) is 12.1 Å². The number of nitrogens with zero attached hydrogens (tertiary/aromatic N) is 1. The Balaban J connectivity index is 2.04. The van der Waals surface area contributed by atoms with E-state index in [0.717, 1.165) is 25.7 Å². The number of halogens is 1. The lowest BCUT2D eigenvalue weighted by Crippen LogP contribution is -2.42. The van der Waals surface area contributed by atoms with Gasteiger partial charge in [0.05, 0.1) is 24.5 Å². The van der Waals surface area contributed by atoms with E-state index in [2.05, 4.69) is 10.2 Å². The Morgan fingerprint density at radius 2 is 2.19 bits per heavy atom. The smallest absolute Gasteiger partial charge is 0.337 e. The number of morpholine rings is 1. The van der Waals surface area contributed by atoms with E-state index in [0.29, 0.717) is 13.2 Å². The summed E-state index contributed by atoms with van der Waals surface area (Å²) in [7, 11) is 0. The van der Waals surface area contributed by atoms with Gasteiger partial charge in [0.25, 0.3) is 0 Å². The Hall–Kier alpha value is -1.86. The number of ether oxygens (including phenoxy) is 1. The summed E-state index contributed by atoms with van der Waals surface area (Å²) in [4.78, 5) is 13.3. The molecule has 1 fully saturated rings. The highest BCUT2D eigenvalue weighted by Crippen LogP contribution is 2.23. The molecular weight excluding hydrogens is 277 g/mol. The van der Waals surface area contributed by atoms with E-state index in [4.69, 9.17) is 15.6 Å². The summed E-state index contributed by atoms with van der Waals surface area (Å²) in [5.41, 5.74) is 5.48. The van der Waals surface area contributed by atoms with Crippen molar-refractivity contribution in [3.8, 4) is 0 Å². The number of nitrogens with two attached hydrogens (primary N) is 1. The number of rotatable bonds is 5. The molecule has 21 heavy (non-hydrogen) atoms. The molecule has 2 rings (SSSR count). The van der Waals surface area contributed by atoms with Gasteiger partial charge in [0, 0.05) is 31.4 Å². The Labute approximate surface area is 122 Å². The van der Waals surface area contributed by atoms with Crippen LogP contribution in [0.3, 0.4) is 0 Å². The molecule has 0 saturated carbocycles. The molecule has 0 bridgehead atoms. The van der Waals surface area contributed by atoms with Crippen molar-refractivity contribution >= 4 is 17.3 Å². The summed E-state index contributed by atoms with van der Waals surface area (Å²) in [6.45, 7) is 5.74. The maximum absolute atomic E-state index is 13.9. The number of nitrogens with one attached hydrogen (secondary N) is 1. The standard InChI is InChI=1S/C14H20FN3O3/c1-9(8-18-2-4-21-5-3-18)17-13-6-10(14(19)20)12(16)7-11(13)15/h6-7,9,17H,2-5,8,16H2,1H3,(H,19,20). The first-order valence-electron chi connectivity index (χ1n) is 6.86. The maximum Gasteiger partial charge on any atom is 0.337 e. The Morgan fingerprint density at radius 3 is 2.81 bits per heavy atom. The van der Waals surface area contributed by atoms with Gasteiger partial charge in [0.1, 0.15) is 5.82 Å². The van der Waals surface area contributed by atoms with Gasteiger partial charge in [-0.3, -0.25) is 4.90 Å². The number of carbonyl (C=O) groups is 1. The molecule has 1 aliphatic heterocycles. The Bertz CT molecular complexity index is 518. The first kappa shape index (κ1) is 15.5. The van der Waals surface area contributed by atoms with Crippen molar-refractivity contribution in [1.29, 1.82) is 0 Å². The number of benzene rings is 1. The van der Waals surface area contributed by atoms with Crippen LogP contribution < -0.4 is 11.1 Å². The average Bonchev–Trinajstić information content (AvgIpc) is 2.42. The molecule has 1 atom stereocenters. The van der Waals surface area contributed by atoms with Crippen LogP contribution in [0.4, 0.5) is 15.8 Å². The molecular formula is C14H20FN3O3. The monoisotopic (exact) mass is 297 g/mol. The SMILES string of the molecule is CC(CN1CCOCC1)Nc1cc(C(=O)O)c(N)cc1F. The Morgan fingerprint density at radius 1 is 1.52 bits per heavy atom. The fourth-order valence-corrected chi connectivity index (χ4v) is 2.37. The molecule has 0 aromatic heterocycles. The summed E-state index contributed by atoms with van der Waals surface area (Å²) >= 11 is 0. The van der Waals surface area contributed by atoms with Crippen molar-refractivity contribution in [1.82, 2.24) is 4.90 Å². The van der Waals surface area contributed by atoms with Crippen LogP contribution in [0.2, 0.25) is 0 Å². The average molecular weight is 297 g/mol. The highest BCUT2D eigenvalue weighted by Gasteiger charge is 2.17. The molecule has 1 heterocycles. The third-order valence-electron chi connectivity index (χ3n) is 3.41. The second-order valence-electron chi connectivity index (χ2n) is 5.18. The van der Waals surface area contributed by atoms with Crippen molar-refractivity contribution in [3.05, 3.63) is 23.5 Å². The largest absolute Gasteiger partial charge is 0.478 e. The molecule has 0 amide bonds. The highest BCUT2D eigenvalue weighted by atomic mass is 19.1. The van der Waals surface area contributed by atoms with Gasteiger partial charge in [-0.25, -0.2) is 9.18 Å². The minimum absolute atomic E-state index is 0.0251. The summed E-state index contributed by atoms with van der Waals surface area (Å²) in [5, 5.41) is 12.0. The first-order chi connectivity index (χ1) is 9.97. The molecule has 0 spiro atoms. The van der Waals surface area contributed by atoms with Gasteiger partial charge in [0.15, 0.2) is 0 Å². The second kappa shape index (κ2) is 6.73. The summed E-state index contributed by atoms with van der Waals surface area (Å²) in [5.74, 6) is -1.72. The van der Waals surface area contributed by atoms with Gasteiger partial charge in [0.2, 0.25) is 0 Å². The maximum atomic E-state index is 13.9. The van der Waals surface area contributed by atoms with E-state index >= 15 is 0 Å². The van der Waals surface area contributed by atoms with Crippen LogP contribution in [0, 0.1) is 5.82 Å². The number of hydrogen-bond donors (Lipinski definition) is 3. The second-order valence-corrected chi connectivity index (χ2v) is 5.18. The van der Waals surface area contributed by atoms with E-state index in [1.807, 2.05) is 6.92 Å². The highest BCUT2D eigenvalue weighted by molar-refractivity contribution is 5.94. The van der Waals surface area contributed by atoms with Gasteiger partial charge in [-0.1, -0.05) is 0 Å². The van der Waals surface area contributed by atoms with E-state index in [-0.39, 0.29) is 23.0 Å². The minimum Gasteiger partial charge on any atom is -0.478 e. The lowest BCUT2D eigenvalue weighted by Gasteiger charge is -2.29. The number of anilines is 2. The number of nitrogen functional groups attached to an aromatic ring is 1. The third kappa shape index (κ3) is 4.05. The molecule has 1 aromatic rings. The van der Waals surface area contributed by atoms with E-state index in [1.54, 1.807) is 0 Å². The summed E-state index contributed by atoms with van der Waals surface area (Å²) < 4.78 is 19.1. The predicted octanol–water partition coefficient (Wildman–Crippen LogP) is 1.24. The predicted molar refractivity (Wildman–Crippen MR) is 78.1 cm³/mol. The molecule has 6 nitrogen and oxygen atoms in total. The van der Waals surface area contributed by atoms with Gasteiger partial charge in [-0.05, 0) is 19.1 Å². The zero-order valence-corrected chi connectivity index (χ0v) is 11.9. The van der Waals surface area contributed by atoms with E-state index < -0.39 is 11.8 Å². The van der Waals surface area contributed by atoms with Crippen molar-refractivity contribution in [3.63, 3.8) is 0 Å². The number of aromatic carboxylic acids is 1. The molecule has 0 aliphatic carbocycles. The van der Waals surface area contributed by atoms with Crippen LogP contribution >= 0.6 is 0 Å². The minimum atomic E-state index is -1.17. The van der Waals surface area contributed by atoms with Gasteiger partial charge in [-0.15, -0.1) is 0 Å². The summed E-state index contributed by atoms with van der Waals surface area (Å²) in [6, 6.07) is 2.25. The third-order valence-corrected chi connectivity index (χ3v) is 3.41. The van der Waals surface area contributed by atoms with Crippen LogP contribution in [0.25, 0.3) is 0 Å². The molecule has 7 heteroatoms. The zero-order valence-electron chi connectivity index (χ0n) is 11.9. The molecule has 116 valence electrons. The van der Waals surface area contributed by atoms with Crippen molar-refractivity contribution in [2.75, 3.05) is 43.9 Å². The molecule has 1 aliphatic rings. The van der Waals surface area contributed by atoms with E-state index in [1.165, 1.54) is 6.07 Å². The van der Waals surface area contributed by atoms with E-state index in [9.17, 15) is 9.18 Å². The van der Waals surface area contributed by atoms with Crippen LogP contribution in [0.1, 0.15) is 17.3 Å². The summed E-state index contributed by atoms with van der Waals surface area (Å²) in [6.07, 6.45) is 0. The molecule has 1 unspecified atom stereocenters. The number of hydrogen-bond acceptors (Lipinski definition) is 5. The molecule has 1 saturated heterocycles. The van der Waals surface area contributed by atoms with Crippen molar-refractivity contribution < 1.29 is 19.0 Å². The topological polar surface area (TPSA) is 87.8 Å². The van der Waals surface area contributed by atoms with Crippen LogP contribution in [-0.4, -0.2) is 54.9 Å². The quantitative estimate of drug-likeness (QED) is 0.709. The lowest BCUT2D eigenvalue weighted by atomic mass is 10.1. The van der Waals surface area contributed by atoms with Gasteiger partial charge in [-0.2, -0.15) is 0 Å². The fraction of sp³-hybridized carbons (Fsp3) is 0.500. The van der Waals surface area contributed by atoms with Crippen molar-refractivity contribution in [2.24, 2.45) is 0 Å². The number of carboxylic acid groups (broad SMARTS) is 1. The van der Waals surface area contributed by atoms with Gasteiger partial charge >= 0.3 is 5.97 Å². The lowest BCUT2D eigenvalue weighted by molar-refractivity contribution is 0.0368. The zero-order chi connectivity index (χ0) is 15.4. The fourth-order valence-electron chi connectivity index (χ4n) is 2.37. The van der Waals surface area contributed by atoms with Crippen LogP contribution in [-0.2, 0) is 4.74 Å². The molecule has 1 aromatic carbocycles. The van der Waals surface area contributed by atoms with Gasteiger partial charge < -0.3 is 20.9 Å². The number of carboxylic acids is 1.